The van der Waals surface area contributed by atoms with Crippen LogP contribution in [0.2, 0.25) is 0 Å². The molecule has 0 spiro atoms. The van der Waals surface area contributed by atoms with Gasteiger partial charge in [-0.3, -0.25) is 4.90 Å². The first-order chi connectivity index (χ1) is 8.85. The summed E-state index contributed by atoms with van der Waals surface area (Å²) in [6.45, 7) is 10.9. The lowest BCUT2D eigenvalue weighted by Gasteiger charge is -2.41. The second kappa shape index (κ2) is 7.61. The maximum atomic E-state index is 5.43. The number of hydrogen-bond donors (Lipinski definition) is 1. The number of ether oxygens (including phenoxy) is 1. The van der Waals surface area contributed by atoms with E-state index in [0.717, 1.165) is 25.1 Å². The summed E-state index contributed by atoms with van der Waals surface area (Å²) in [5, 5.41) is 3.62. The molecule has 1 aliphatic carbocycles. The van der Waals surface area contributed by atoms with Gasteiger partial charge in [0.25, 0.3) is 0 Å². The first-order valence-corrected chi connectivity index (χ1v) is 7.81. The molecule has 1 aliphatic rings. The minimum absolute atomic E-state index is 0.172. The Morgan fingerprint density at radius 1 is 1.26 bits per heavy atom. The van der Waals surface area contributed by atoms with Crippen molar-refractivity contribution in [2.45, 2.75) is 71.0 Å². The van der Waals surface area contributed by atoms with Gasteiger partial charge in [0.1, 0.15) is 0 Å². The average molecular weight is 270 g/mol. The largest absolute Gasteiger partial charge is 0.383 e. The fraction of sp³-hybridized carbons (Fsp3) is 1.00. The van der Waals surface area contributed by atoms with Crippen LogP contribution in [-0.4, -0.2) is 49.8 Å². The zero-order valence-electron chi connectivity index (χ0n) is 13.8. The fourth-order valence-electron chi connectivity index (χ4n) is 3.11. The fourth-order valence-corrected chi connectivity index (χ4v) is 3.11. The molecule has 0 aliphatic heterocycles. The summed E-state index contributed by atoms with van der Waals surface area (Å²) in [6.07, 6.45) is 5.50. The van der Waals surface area contributed by atoms with Crippen LogP contribution >= 0.6 is 0 Å². The monoisotopic (exact) mass is 270 g/mol. The summed E-state index contributed by atoms with van der Waals surface area (Å²) in [5.41, 5.74) is 0.172. The molecule has 0 aromatic rings. The molecule has 3 nitrogen and oxygen atoms in total. The summed E-state index contributed by atoms with van der Waals surface area (Å²) < 4.78 is 5.43. The Hall–Kier alpha value is -0.120. The third kappa shape index (κ3) is 5.80. The summed E-state index contributed by atoms with van der Waals surface area (Å²) in [4.78, 5) is 2.56. The van der Waals surface area contributed by atoms with E-state index >= 15 is 0 Å². The third-order valence-electron chi connectivity index (χ3n) is 4.39. The molecule has 3 heteroatoms. The molecule has 1 rings (SSSR count). The Balaban J connectivity index is 2.57. The third-order valence-corrected chi connectivity index (χ3v) is 4.39. The number of likely N-dealkylation sites (N-methyl/N-ethyl adjacent to an activating group) is 1. The lowest BCUT2D eigenvalue weighted by Crippen LogP contribution is -2.53. The van der Waals surface area contributed by atoms with Crippen molar-refractivity contribution in [3.05, 3.63) is 0 Å². The normalized spacial score (nSPS) is 26.7. The van der Waals surface area contributed by atoms with E-state index in [1.54, 1.807) is 0 Å². The van der Waals surface area contributed by atoms with E-state index < -0.39 is 0 Å². The van der Waals surface area contributed by atoms with Gasteiger partial charge in [0.05, 0.1) is 6.61 Å². The van der Waals surface area contributed by atoms with Crippen LogP contribution < -0.4 is 5.32 Å². The Bertz CT molecular complexity index is 250. The highest BCUT2D eigenvalue weighted by molar-refractivity contribution is 4.85. The van der Waals surface area contributed by atoms with Gasteiger partial charge in [-0.15, -0.1) is 0 Å². The SMILES string of the molecule is COCC(CNC(C)(C)C)N(C)C1CCCCC1C. The number of nitrogens with one attached hydrogen (secondary N) is 1. The Kier molecular flexibility index (Phi) is 6.78. The summed E-state index contributed by atoms with van der Waals surface area (Å²) >= 11 is 0. The minimum atomic E-state index is 0.172. The molecule has 0 saturated heterocycles. The summed E-state index contributed by atoms with van der Waals surface area (Å²) in [6, 6.07) is 1.19. The second-order valence-corrected chi connectivity index (χ2v) is 7.23. The molecule has 0 heterocycles. The molecule has 0 aromatic heterocycles. The molecule has 0 amide bonds. The van der Waals surface area contributed by atoms with E-state index in [4.69, 9.17) is 4.74 Å². The number of nitrogens with zero attached hydrogens (tertiary/aromatic N) is 1. The highest BCUT2D eigenvalue weighted by Crippen LogP contribution is 2.28. The quantitative estimate of drug-likeness (QED) is 0.803. The Morgan fingerprint density at radius 2 is 1.89 bits per heavy atom. The average Bonchev–Trinajstić information content (AvgIpc) is 2.33. The molecule has 0 radical (unpaired) electrons. The molecular formula is C16H34N2O. The first kappa shape index (κ1) is 16.9. The lowest BCUT2D eigenvalue weighted by atomic mass is 9.84. The molecule has 3 unspecified atom stereocenters. The van der Waals surface area contributed by atoms with Gasteiger partial charge < -0.3 is 10.1 Å². The Labute approximate surface area is 120 Å². The molecule has 1 saturated carbocycles. The van der Waals surface area contributed by atoms with Gasteiger partial charge in [-0.05, 0) is 46.6 Å². The van der Waals surface area contributed by atoms with Crippen LogP contribution in [0.15, 0.2) is 0 Å². The summed E-state index contributed by atoms with van der Waals surface area (Å²) in [7, 11) is 4.09. The van der Waals surface area contributed by atoms with Gasteiger partial charge in [-0.25, -0.2) is 0 Å². The van der Waals surface area contributed by atoms with Crippen LogP contribution in [0.1, 0.15) is 53.4 Å². The second-order valence-electron chi connectivity index (χ2n) is 7.23. The van der Waals surface area contributed by atoms with E-state index in [1.165, 1.54) is 25.7 Å². The predicted molar refractivity (Wildman–Crippen MR) is 82.6 cm³/mol. The van der Waals surface area contributed by atoms with E-state index in [2.05, 4.69) is 45.0 Å². The maximum absolute atomic E-state index is 5.43. The predicted octanol–water partition coefficient (Wildman–Crippen LogP) is 2.90. The molecule has 3 atom stereocenters. The van der Waals surface area contributed by atoms with Crippen molar-refractivity contribution in [1.82, 2.24) is 10.2 Å². The van der Waals surface area contributed by atoms with Crippen molar-refractivity contribution < 1.29 is 4.74 Å². The van der Waals surface area contributed by atoms with Crippen LogP contribution in [0.25, 0.3) is 0 Å². The highest BCUT2D eigenvalue weighted by atomic mass is 16.5. The van der Waals surface area contributed by atoms with Gasteiger partial charge in [-0.1, -0.05) is 19.8 Å². The van der Waals surface area contributed by atoms with Crippen molar-refractivity contribution in [3.63, 3.8) is 0 Å². The van der Waals surface area contributed by atoms with Gasteiger partial charge in [0.2, 0.25) is 0 Å². The van der Waals surface area contributed by atoms with Crippen LogP contribution in [0, 0.1) is 5.92 Å². The van der Waals surface area contributed by atoms with Crippen LogP contribution in [0.5, 0.6) is 0 Å². The summed E-state index contributed by atoms with van der Waals surface area (Å²) in [5.74, 6) is 0.813. The number of rotatable bonds is 6. The minimum Gasteiger partial charge on any atom is -0.383 e. The van der Waals surface area contributed by atoms with Gasteiger partial charge in [0.15, 0.2) is 0 Å². The van der Waals surface area contributed by atoms with E-state index in [0.29, 0.717) is 6.04 Å². The topological polar surface area (TPSA) is 24.5 Å². The number of hydrogen-bond acceptors (Lipinski definition) is 3. The molecular weight excluding hydrogens is 236 g/mol. The smallest absolute Gasteiger partial charge is 0.0630 e. The Morgan fingerprint density at radius 3 is 2.42 bits per heavy atom. The van der Waals surface area contributed by atoms with Gasteiger partial charge >= 0.3 is 0 Å². The number of methoxy groups -OCH3 is 1. The van der Waals surface area contributed by atoms with Crippen LogP contribution in [0.4, 0.5) is 0 Å². The molecule has 0 aromatic carbocycles. The first-order valence-electron chi connectivity index (χ1n) is 7.81. The van der Waals surface area contributed by atoms with Crippen LogP contribution in [0.3, 0.4) is 0 Å². The lowest BCUT2D eigenvalue weighted by molar-refractivity contribution is 0.0438. The zero-order chi connectivity index (χ0) is 14.5. The molecule has 114 valence electrons. The van der Waals surface area contributed by atoms with Crippen molar-refractivity contribution in [2.75, 3.05) is 27.3 Å². The van der Waals surface area contributed by atoms with E-state index in [1.807, 2.05) is 7.11 Å². The van der Waals surface area contributed by atoms with E-state index in [9.17, 15) is 0 Å². The van der Waals surface area contributed by atoms with Crippen molar-refractivity contribution in [1.29, 1.82) is 0 Å². The molecule has 1 N–H and O–H groups in total. The van der Waals surface area contributed by atoms with Crippen molar-refractivity contribution in [2.24, 2.45) is 5.92 Å². The maximum Gasteiger partial charge on any atom is 0.0630 e. The van der Waals surface area contributed by atoms with Crippen molar-refractivity contribution in [3.8, 4) is 0 Å². The molecule has 0 bridgehead atoms. The van der Waals surface area contributed by atoms with Gasteiger partial charge in [0, 0.05) is 31.3 Å². The highest BCUT2D eigenvalue weighted by Gasteiger charge is 2.29. The molecule has 19 heavy (non-hydrogen) atoms. The van der Waals surface area contributed by atoms with Crippen molar-refractivity contribution >= 4 is 0 Å². The van der Waals surface area contributed by atoms with E-state index in [-0.39, 0.29) is 5.54 Å². The van der Waals surface area contributed by atoms with Crippen LogP contribution in [-0.2, 0) is 4.74 Å². The standard InChI is InChI=1S/C16H34N2O/c1-13-9-7-8-10-15(13)18(5)14(12-19-6)11-17-16(2,3)4/h13-15,17H,7-12H2,1-6H3. The zero-order valence-corrected chi connectivity index (χ0v) is 13.8. The van der Waals surface area contributed by atoms with Gasteiger partial charge in [-0.2, -0.15) is 0 Å². The molecule has 1 fully saturated rings.